The Kier molecular flexibility index (Phi) is 1.07. The topological polar surface area (TPSA) is 17.1 Å². The molecule has 2 saturated carbocycles. The van der Waals surface area contributed by atoms with Crippen molar-refractivity contribution < 1.29 is 17.7 Å². The molecule has 0 aromatic heterocycles. The zero-order valence-corrected chi connectivity index (χ0v) is 5.82. The number of rotatable bonds is 1. The molecule has 0 bridgehead atoms. The third-order valence-electron chi connectivity index (χ3n) is 2.92. The maximum atomic E-state index is 12.1. The first-order valence-corrected chi connectivity index (χ1v) is 3.70. The molecule has 0 aromatic rings. The van der Waals surface area contributed by atoms with Crippen LogP contribution in [0, 0.1) is 5.41 Å². The molecule has 0 N–H and O–H groups in total. The minimum absolute atomic E-state index is 0.165. The van der Waals surface area contributed by atoms with E-state index in [1.165, 1.54) is 0 Å². The van der Waals surface area contributed by atoms with Gasteiger partial charge in [0.15, 0.2) is 0 Å². The van der Waals surface area contributed by atoms with Crippen LogP contribution in [-0.4, -0.2) is 12.8 Å². The highest BCUT2D eigenvalue weighted by Crippen LogP contribution is 2.68. The number of carbonyl (C=O) groups excluding carboxylic acids is 1. The molecule has 0 aliphatic heterocycles. The van der Waals surface area contributed by atoms with E-state index < -0.39 is 18.2 Å². The minimum atomic E-state index is -4.76. The van der Waals surface area contributed by atoms with E-state index in [1.54, 1.807) is 0 Å². The molecule has 2 aliphatic rings. The average molecular weight is 163 g/mol. The van der Waals surface area contributed by atoms with Gasteiger partial charge < -0.3 is 12.9 Å². The summed E-state index contributed by atoms with van der Waals surface area (Å²) in [6.45, 7) is -4.76. The number of hydrogen-bond donors (Lipinski definition) is 0. The van der Waals surface area contributed by atoms with Gasteiger partial charge in [-0.3, -0.25) is 4.79 Å². The third-order valence-corrected chi connectivity index (χ3v) is 2.92. The lowest BCUT2D eigenvalue weighted by Gasteiger charge is -2.42. The van der Waals surface area contributed by atoms with Crippen LogP contribution >= 0.6 is 0 Å². The first-order chi connectivity index (χ1) is 4.97. The summed E-state index contributed by atoms with van der Waals surface area (Å²) in [5, 5.41) is 0. The zero-order valence-electron chi connectivity index (χ0n) is 5.82. The first kappa shape index (κ1) is 7.19. The highest BCUT2D eigenvalue weighted by atomic mass is 19.4. The molecule has 0 heterocycles. The Morgan fingerprint density at radius 2 is 1.91 bits per heavy atom. The number of Topliss-reactive ketones (excluding diaryl/α,β-unsaturated/α-hetero) is 1. The van der Waals surface area contributed by atoms with Gasteiger partial charge in [-0.1, -0.05) is 5.82 Å². The van der Waals surface area contributed by atoms with Crippen molar-refractivity contribution in [2.45, 2.75) is 25.1 Å². The molecule has 0 amide bonds. The molecule has 1 unspecified atom stereocenters. The summed E-state index contributed by atoms with van der Waals surface area (Å²) in [6.07, 6.45) is 0.693. The van der Waals surface area contributed by atoms with Crippen molar-refractivity contribution in [1.29, 1.82) is 0 Å². The predicted molar refractivity (Wildman–Crippen MR) is 34.1 cm³/mol. The summed E-state index contributed by atoms with van der Waals surface area (Å²) < 4.78 is 36.4. The summed E-state index contributed by atoms with van der Waals surface area (Å²) in [5.74, 6) is -1.42. The van der Waals surface area contributed by atoms with Crippen LogP contribution in [0.15, 0.2) is 0 Å². The van der Waals surface area contributed by atoms with Gasteiger partial charge in [0.25, 0.3) is 0 Å². The summed E-state index contributed by atoms with van der Waals surface area (Å²) in [4.78, 5) is 10.8. The fraction of sp³-hybridized carbons (Fsp3) is 0.833. The fourth-order valence-electron chi connectivity index (χ4n) is 1.95. The van der Waals surface area contributed by atoms with Crippen molar-refractivity contribution in [3.05, 3.63) is 0 Å². The van der Waals surface area contributed by atoms with Crippen LogP contribution in [-0.2, 0) is 4.79 Å². The highest BCUT2D eigenvalue weighted by Gasteiger charge is 2.67. The van der Waals surface area contributed by atoms with E-state index >= 15 is 0 Å². The van der Waals surface area contributed by atoms with Crippen LogP contribution in [0.2, 0.25) is 5.82 Å². The Morgan fingerprint density at radius 1 is 1.36 bits per heavy atom. The summed E-state index contributed by atoms with van der Waals surface area (Å²) in [7, 11) is 0. The second-order valence-electron chi connectivity index (χ2n) is 3.52. The number of ketones is 1. The molecule has 11 heavy (non-hydrogen) atoms. The maximum Gasteiger partial charge on any atom is 0.482 e. The lowest BCUT2D eigenvalue weighted by molar-refractivity contribution is -0.131. The van der Waals surface area contributed by atoms with Crippen molar-refractivity contribution >= 4 is 12.8 Å². The van der Waals surface area contributed by atoms with Crippen molar-refractivity contribution in [3.8, 4) is 0 Å². The molecule has 0 saturated heterocycles. The van der Waals surface area contributed by atoms with E-state index in [0.29, 0.717) is 12.8 Å². The number of hydrogen-bond acceptors (Lipinski definition) is 1. The van der Waals surface area contributed by atoms with E-state index in [9.17, 15) is 17.7 Å². The highest BCUT2D eigenvalue weighted by molar-refractivity contribution is 6.62. The van der Waals surface area contributed by atoms with Crippen molar-refractivity contribution in [2.24, 2.45) is 5.41 Å². The Bertz CT molecular complexity index is 218. The van der Waals surface area contributed by atoms with Gasteiger partial charge in [-0.05, 0) is 19.3 Å². The second-order valence-corrected chi connectivity index (χ2v) is 3.52. The van der Waals surface area contributed by atoms with Crippen LogP contribution in [0.3, 0.4) is 0 Å². The van der Waals surface area contributed by atoms with Gasteiger partial charge in [0.1, 0.15) is 5.78 Å². The summed E-state index contributed by atoms with van der Waals surface area (Å²) in [5.41, 5.74) is -0.905. The molecule has 5 heteroatoms. The van der Waals surface area contributed by atoms with E-state index in [2.05, 4.69) is 0 Å². The molecule has 2 rings (SSSR count). The van der Waals surface area contributed by atoms with Gasteiger partial charge >= 0.3 is 6.98 Å². The van der Waals surface area contributed by atoms with Crippen LogP contribution in [0.4, 0.5) is 12.9 Å². The van der Waals surface area contributed by atoms with E-state index in [4.69, 9.17) is 0 Å². The lowest BCUT2D eigenvalue weighted by atomic mass is 9.51. The molecular weight excluding hydrogens is 156 g/mol. The maximum absolute atomic E-state index is 12.1. The fourth-order valence-corrected chi connectivity index (χ4v) is 1.95. The first-order valence-electron chi connectivity index (χ1n) is 3.70. The van der Waals surface area contributed by atoms with Gasteiger partial charge in [0, 0.05) is 5.41 Å². The zero-order chi connectivity index (χ0) is 8.28. The van der Waals surface area contributed by atoms with Crippen molar-refractivity contribution in [3.63, 3.8) is 0 Å². The molecule has 1 nitrogen and oxygen atoms in total. The van der Waals surface area contributed by atoms with Gasteiger partial charge in [-0.15, -0.1) is 0 Å². The smallest absolute Gasteiger partial charge is 0.449 e. The van der Waals surface area contributed by atoms with E-state index in [-0.39, 0.29) is 12.2 Å². The minimum Gasteiger partial charge on any atom is -0.449 e. The summed E-state index contributed by atoms with van der Waals surface area (Å²) in [6, 6.07) is 0. The Labute approximate surface area is 62.0 Å². The number of carbonyl (C=O) groups is 1. The second kappa shape index (κ2) is 1.64. The Morgan fingerprint density at radius 3 is 2.09 bits per heavy atom. The van der Waals surface area contributed by atoms with E-state index in [1.807, 2.05) is 0 Å². The molecule has 1 spiro atoms. The standard InChI is InChI=1S/C6H7BF3O/c8-7(9,10)4-3-5(11)6(4)1-2-6/h4H,1-3H2/q-1. The van der Waals surface area contributed by atoms with Crippen LogP contribution < -0.4 is 0 Å². The molecule has 2 fully saturated rings. The molecule has 0 radical (unpaired) electrons. The number of halogens is 3. The molecule has 2 aliphatic carbocycles. The van der Waals surface area contributed by atoms with Gasteiger partial charge in [0.2, 0.25) is 0 Å². The van der Waals surface area contributed by atoms with Crippen molar-refractivity contribution in [2.75, 3.05) is 0 Å². The van der Waals surface area contributed by atoms with Gasteiger partial charge in [-0.25, -0.2) is 0 Å². The van der Waals surface area contributed by atoms with Crippen LogP contribution in [0.5, 0.6) is 0 Å². The quantitative estimate of drug-likeness (QED) is 0.540. The SMILES string of the molecule is O=C1CC([B-](F)(F)F)C12CC2. The Hall–Kier alpha value is -0.475. The van der Waals surface area contributed by atoms with Gasteiger partial charge in [-0.2, -0.15) is 0 Å². The average Bonchev–Trinajstić information content (AvgIpc) is 2.59. The molecule has 1 atom stereocenters. The van der Waals surface area contributed by atoms with Gasteiger partial charge in [0.05, 0.1) is 0 Å². The van der Waals surface area contributed by atoms with Crippen LogP contribution in [0.25, 0.3) is 0 Å². The van der Waals surface area contributed by atoms with E-state index in [0.717, 1.165) is 0 Å². The largest absolute Gasteiger partial charge is 0.482 e. The lowest BCUT2D eigenvalue weighted by Crippen LogP contribution is -2.45. The van der Waals surface area contributed by atoms with Crippen LogP contribution in [0.1, 0.15) is 19.3 Å². The molecular formula is C6H7BF3O-. The monoisotopic (exact) mass is 163 g/mol. The molecule has 62 valence electrons. The summed E-state index contributed by atoms with van der Waals surface area (Å²) >= 11 is 0. The predicted octanol–water partition coefficient (Wildman–Crippen LogP) is 1.96. The normalized spacial score (nSPS) is 33.7. The molecule has 0 aromatic carbocycles. The third kappa shape index (κ3) is 0.767. The van der Waals surface area contributed by atoms with Crippen molar-refractivity contribution in [1.82, 2.24) is 0 Å². The Balaban J connectivity index is 2.16.